The maximum atomic E-state index is 9.25. The molecule has 0 aromatic heterocycles. The molecule has 0 fully saturated rings. The molecule has 0 spiro atoms. The summed E-state index contributed by atoms with van der Waals surface area (Å²) >= 11 is 0. The van der Waals surface area contributed by atoms with Gasteiger partial charge >= 0.3 is 11.9 Å². The van der Waals surface area contributed by atoms with Crippen LogP contribution in [-0.4, -0.2) is 22.2 Å². The minimum Gasteiger partial charge on any atom is -0.478 e. The summed E-state index contributed by atoms with van der Waals surface area (Å²) in [6.45, 7) is 10.3. The second-order valence-corrected chi connectivity index (χ2v) is 2.08. The van der Waals surface area contributed by atoms with Crippen molar-refractivity contribution < 1.29 is 19.8 Å². The van der Waals surface area contributed by atoms with Crippen molar-refractivity contribution >= 4 is 11.9 Å². The van der Waals surface area contributed by atoms with Crippen LogP contribution in [0.15, 0.2) is 25.3 Å². The summed E-state index contributed by atoms with van der Waals surface area (Å²) in [6, 6.07) is 0. The maximum absolute atomic E-state index is 9.25. The second kappa shape index (κ2) is 17.5. The van der Waals surface area contributed by atoms with Crippen LogP contribution in [-0.2, 0) is 9.59 Å². The Labute approximate surface area is 84.6 Å². The first kappa shape index (κ1) is 18.3. The highest BCUT2D eigenvalue weighted by molar-refractivity contribution is 5.79. The summed E-state index contributed by atoms with van der Waals surface area (Å²) in [5.41, 5.74) is 0. The summed E-state index contributed by atoms with van der Waals surface area (Å²) in [5.74, 6) is -1.96. The fraction of sp³-hybridized carbons (Fsp3) is 0.400. The topological polar surface area (TPSA) is 74.6 Å². The lowest BCUT2D eigenvalue weighted by Crippen LogP contribution is -1.82. The lowest BCUT2D eigenvalue weighted by atomic mass is 10.4. The van der Waals surface area contributed by atoms with E-state index in [0.29, 0.717) is 0 Å². The average Bonchev–Trinajstić information content (AvgIpc) is 2.19. The zero-order chi connectivity index (χ0) is 12.0. The Hall–Kier alpha value is -1.58. The minimum atomic E-state index is -0.981. The summed E-state index contributed by atoms with van der Waals surface area (Å²) in [6.07, 6.45) is 4.31. The third kappa shape index (κ3) is 79.1. The fourth-order valence-corrected chi connectivity index (χ4v) is 0. The molecule has 0 atom stereocenters. The summed E-state index contributed by atoms with van der Waals surface area (Å²) in [7, 11) is 0. The number of aliphatic carboxylic acids is 2. The van der Waals surface area contributed by atoms with Crippen molar-refractivity contribution in [3.05, 3.63) is 25.3 Å². The second-order valence-electron chi connectivity index (χ2n) is 2.08. The monoisotopic (exact) mass is 202 g/mol. The molecule has 0 bridgehead atoms. The van der Waals surface area contributed by atoms with Gasteiger partial charge in [0.25, 0.3) is 0 Å². The van der Waals surface area contributed by atoms with Crippen LogP contribution in [0.5, 0.6) is 0 Å². The van der Waals surface area contributed by atoms with Crippen LogP contribution in [0.2, 0.25) is 0 Å². The van der Waals surface area contributed by atoms with Crippen LogP contribution < -0.4 is 0 Å². The Morgan fingerprint density at radius 2 is 1.14 bits per heavy atom. The van der Waals surface area contributed by atoms with E-state index in [2.05, 4.69) is 27.0 Å². The van der Waals surface area contributed by atoms with Gasteiger partial charge in [-0.05, 0) is 0 Å². The van der Waals surface area contributed by atoms with Gasteiger partial charge in [0.15, 0.2) is 0 Å². The highest BCUT2D eigenvalue weighted by atomic mass is 16.4. The summed E-state index contributed by atoms with van der Waals surface area (Å²) in [4.78, 5) is 18.5. The molecule has 0 unspecified atom stereocenters. The third-order valence-corrected chi connectivity index (χ3v) is 0.849. The fourth-order valence-electron chi connectivity index (χ4n) is 0. The number of unbranched alkanes of at least 4 members (excludes halogenated alkanes) is 1. The first-order chi connectivity index (χ1) is 6.45. The predicted molar refractivity (Wildman–Crippen MR) is 56.2 cm³/mol. The lowest BCUT2D eigenvalue weighted by Gasteiger charge is -1.68. The predicted octanol–water partition coefficient (Wildman–Crippen LogP) is 2.32. The van der Waals surface area contributed by atoms with Crippen LogP contribution >= 0.6 is 0 Å². The molecule has 4 nitrogen and oxygen atoms in total. The molecule has 0 aromatic rings. The van der Waals surface area contributed by atoms with Gasteiger partial charge in [-0.15, -0.1) is 0 Å². The number of rotatable bonds is 3. The Morgan fingerprint density at radius 3 is 1.14 bits per heavy atom. The van der Waals surface area contributed by atoms with Gasteiger partial charge in [-0.3, -0.25) is 0 Å². The molecule has 4 heteroatoms. The van der Waals surface area contributed by atoms with Crippen LogP contribution in [0.3, 0.4) is 0 Å². The van der Waals surface area contributed by atoms with Crippen LogP contribution in [0.25, 0.3) is 0 Å². The Balaban J connectivity index is -0.000000131. The van der Waals surface area contributed by atoms with Gasteiger partial charge in [0.1, 0.15) is 0 Å². The van der Waals surface area contributed by atoms with Crippen LogP contribution in [0, 0.1) is 0 Å². The van der Waals surface area contributed by atoms with Gasteiger partial charge < -0.3 is 10.2 Å². The molecule has 0 aliphatic rings. The molecule has 0 aliphatic carbocycles. The van der Waals surface area contributed by atoms with Gasteiger partial charge in [0, 0.05) is 12.2 Å². The number of carbonyl (C=O) groups is 2. The van der Waals surface area contributed by atoms with E-state index >= 15 is 0 Å². The molecule has 0 aromatic carbocycles. The maximum Gasteiger partial charge on any atom is 0.327 e. The Morgan fingerprint density at radius 1 is 1.00 bits per heavy atom. The van der Waals surface area contributed by atoms with Crippen molar-refractivity contribution in [3.63, 3.8) is 0 Å². The van der Waals surface area contributed by atoms with Gasteiger partial charge in [-0.2, -0.15) is 0 Å². The molecule has 0 aliphatic heterocycles. The highest BCUT2D eigenvalue weighted by Crippen LogP contribution is 1.76. The first-order valence-electron chi connectivity index (χ1n) is 4.16. The van der Waals surface area contributed by atoms with Crippen LogP contribution in [0.4, 0.5) is 0 Å². The van der Waals surface area contributed by atoms with E-state index in [1.54, 1.807) is 0 Å². The van der Waals surface area contributed by atoms with Crippen molar-refractivity contribution in [2.45, 2.75) is 26.7 Å². The zero-order valence-corrected chi connectivity index (χ0v) is 8.69. The van der Waals surface area contributed by atoms with E-state index in [9.17, 15) is 9.59 Å². The molecule has 0 amide bonds. The molecule has 14 heavy (non-hydrogen) atoms. The average molecular weight is 202 g/mol. The summed E-state index contributed by atoms with van der Waals surface area (Å²) < 4.78 is 0. The highest BCUT2D eigenvalue weighted by Gasteiger charge is 1.73. The van der Waals surface area contributed by atoms with Gasteiger partial charge in [0.2, 0.25) is 0 Å². The van der Waals surface area contributed by atoms with Crippen molar-refractivity contribution in [1.29, 1.82) is 0 Å². The standard InChI is InChI=1S/C4H10.2C3H4O2/c1-3-4-2;2*1-2-3(4)5/h3-4H2,1-2H3;2*2H,1H2,(H,4,5). The molecule has 0 saturated heterocycles. The largest absolute Gasteiger partial charge is 0.478 e. The van der Waals surface area contributed by atoms with Crippen molar-refractivity contribution in [2.75, 3.05) is 0 Å². The van der Waals surface area contributed by atoms with E-state index < -0.39 is 11.9 Å². The normalized spacial score (nSPS) is 6.71. The van der Waals surface area contributed by atoms with Gasteiger partial charge in [-0.25, -0.2) is 9.59 Å². The van der Waals surface area contributed by atoms with E-state index in [1.807, 2.05) is 0 Å². The molecule has 0 heterocycles. The molecule has 0 saturated carbocycles. The third-order valence-electron chi connectivity index (χ3n) is 0.849. The molecule has 82 valence electrons. The van der Waals surface area contributed by atoms with E-state index in [0.717, 1.165) is 12.2 Å². The van der Waals surface area contributed by atoms with E-state index in [1.165, 1.54) is 12.8 Å². The quantitative estimate of drug-likeness (QED) is 0.689. The first-order valence-corrected chi connectivity index (χ1v) is 4.16. The Kier molecular flexibility index (Phi) is 22.8. The number of carboxylic acid groups (broad SMARTS) is 2. The molecule has 2 N–H and O–H groups in total. The van der Waals surface area contributed by atoms with Crippen molar-refractivity contribution in [1.82, 2.24) is 0 Å². The molecular weight excluding hydrogens is 184 g/mol. The molecule has 0 radical (unpaired) electrons. The smallest absolute Gasteiger partial charge is 0.327 e. The number of carboxylic acids is 2. The Bertz CT molecular complexity index is 153. The van der Waals surface area contributed by atoms with E-state index in [4.69, 9.17) is 10.2 Å². The summed E-state index contributed by atoms with van der Waals surface area (Å²) in [5, 5.41) is 15.2. The van der Waals surface area contributed by atoms with Gasteiger partial charge in [0.05, 0.1) is 0 Å². The molecular formula is C10H18O4. The molecule has 0 rings (SSSR count). The number of hydrogen-bond acceptors (Lipinski definition) is 2. The van der Waals surface area contributed by atoms with Crippen LogP contribution in [0.1, 0.15) is 26.7 Å². The van der Waals surface area contributed by atoms with Crippen molar-refractivity contribution in [2.24, 2.45) is 0 Å². The SMILES string of the molecule is C=CC(=O)O.C=CC(=O)O.CCCC. The minimum absolute atomic E-state index is 0.833. The van der Waals surface area contributed by atoms with E-state index in [-0.39, 0.29) is 0 Å². The van der Waals surface area contributed by atoms with Gasteiger partial charge in [-0.1, -0.05) is 39.8 Å². The lowest BCUT2D eigenvalue weighted by molar-refractivity contribution is -0.132. The zero-order valence-electron chi connectivity index (χ0n) is 8.69. The van der Waals surface area contributed by atoms with Crippen molar-refractivity contribution in [3.8, 4) is 0 Å². The number of hydrogen-bond donors (Lipinski definition) is 2.